The lowest BCUT2D eigenvalue weighted by Crippen LogP contribution is -2.49. The minimum Gasteiger partial charge on any atom is -0.439 e. The topological polar surface area (TPSA) is 84.3 Å². The maximum Gasteiger partial charge on any atom is 0.274 e. The van der Waals surface area contributed by atoms with Gasteiger partial charge in [-0.2, -0.15) is 4.98 Å². The quantitative estimate of drug-likeness (QED) is 0.677. The number of aromatic nitrogens is 4. The lowest BCUT2D eigenvalue weighted by molar-refractivity contribution is 0.0740. The van der Waals surface area contributed by atoms with E-state index in [4.69, 9.17) is 4.74 Å². The first-order valence-corrected chi connectivity index (χ1v) is 9.50. The van der Waals surface area contributed by atoms with Gasteiger partial charge >= 0.3 is 0 Å². The fraction of sp³-hybridized carbons (Fsp3) is 0.286. The maximum atomic E-state index is 12.6. The Kier molecular flexibility index (Phi) is 5.33. The molecule has 1 aromatic carbocycles. The van der Waals surface area contributed by atoms with Gasteiger partial charge in [-0.3, -0.25) is 9.78 Å². The predicted octanol–water partition coefficient (Wildman–Crippen LogP) is 2.64. The Labute approximate surface area is 169 Å². The average Bonchev–Trinajstić information content (AvgIpc) is 2.74. The highest BCUT2D eigenvalue weighted by molar-refractivity contribution is 5.92. The summed E-state index contributed by atoms with van der Waals surface area (Å²) in [6.07, 6.45) is 3.15. The molecule has 0 atom stereocenters. The largest absolute Gasteiger partial charge is 0.439 e. The van der Waals surface area contributed by atoms with Gasteiger partial charge in [-0.05, 0) is 26.0 Å². The van der Waals surface area contributed by atoms with Crippen molar-refractivity contribution in [3.8, 4) is 11.6 Å². The second-order valence-corrected chi connectivity index (χ2v) is 6.85. The molecule has 0 spiro atoms. The van der Waals surface area contributed by atoms with Crippen molar-refractivity contribution in [2.45, 2.75) is 13.8 Å². The van der Waals surface area contributed by atoms with Crippen molar-refractivity contribution in [1.82, 2.24) is 24.8 Å². The minimum atomic E-state index is -0.0934. The Morgan fingerprint density at radius 3 is 2.41 bits per heavy atom. The van der Waals surface area contributed by atoms with Crippen molar-refractivity contribution in [2.75, 3.05) is 31.1 Å². The summed E-state index contributed by atoms with van der Waals surface area (Å²) in [5, 5.41) is 0. The van der Waals surface area contributed by atoms with Crippen molar-refractivity contribution in [3.63, 3.8) is 0 Å². The van der Waals surface area contributed by atoms with Gasteiger partial charge in [0.1, 0.15) is 23.1 Å². The SMILES string of the molecule is Cc1cnc(C(=O)N2CCN(c3cc(Oc4ccccc4)nc(C)n3)CC2)cn1. The molecule has 1 saturated heterocycles. The monoisotopic (exact) mass is 390 g/mol. The highest BCUT2D eigenvalue weighted by Gasteiger charge is 2.24. The first-order chi connectivity index (χ1) is 14.1. The number of nitrogens with zero attached hydrogens (tertiary/aromatic N) is 6. The molecule has 3 heterocycles. The molecule has 29 heavy (non-hydrogen) atoms. The number of carbonyl (C=O) groups excluding carboxylic acids is 1. The molecule has 148 valence electrons. The van der Waals surface area contributed by atoms with E-state index in [-0.39, 0.29) is 5.91 Å². The molecule has 1 aliphatic rings. The third-order valence-corrected chi connectivity index (χ3v) is 4.66. The third kappa shape index (κ3) is 4.48. The molecule has 2 aromatic heterocycles. The molecule has 4 rings (SSSR count). The summed E-state index contributed by atoms with van der Waals surface area (Å²) in [5.41, 5.74) is 1.17. The second-order valence-electron chi connectivity index (χ2n) is 6.85. The molecule has 0 aliphatic carbocycles. The number of amides is 1. The van der Waals surface area contributed by atoms with E-state index in [9.17, 15) is 4.79 Å². The zero-order valence-corrected chi connectivity index (χ0v) is 16.4. The smallest absolute Gasteiger partial charge is 0.274 e. The predicted molar refractivity (Wildman–Crippen MR) is 108 cm³/mol. The molecule has 0 bridgehead atoms. The third-order valence-electron chi connectivity index (χ3n) is 4.66. The highest BCUT2D eigenvalue weighted by Crippen LogP contribution is 2.24. The number of aryl methyl sites for hydroxylation is 2. The van der Waals surface area contributed by atoms with Crippen molar-refractivity contribution in [1.29, 1.82) is 0 Å². The standard InChI is InChI=1S/C21H22N6O2/c1-15-13-23-18(14-22-15)21(28)27-10-8-26(9-11-27)19-12-20(25-16(2)24-19)29-17-6-4-3-5-7-17/h3-7,12-14H,8-11H2,1-2H3. The molecule has 8 nitrogen and oxygen atoms in total. The number of anilines is 1. The van der Waals surface area contributed by atoms with Crippen LogP contribution in [0.2, 0.25) is 0 Å². The summed E-state index contributed by atoms with van der Waals surface area (Å²) < 4.78 is 5.86. The number of benzene rings is 1. The van der Waals surface area contributed by atoms with Crippen LogP contribution in [0.4, 0.5) is 5.82 Å². The Morgan fingerprint density at radius 1 is 0.966 bits per heavy atom. The van der Waals surface area contributed by atoms with E-state index in [2.05, 4.69) is 24.8 Å². The summed E-state index contributed by atoms with van der Waals surface area (Å²) in [4.78, 5) is 33.8. The number of ether oxygens (including phenoxy) is 1. The summed E-state index contributed by atoms with van der Waals surface area (Å²) in [5.74, 6) is 2.58. The molecular formula is C21H22N6O2. The van der Waals surface area contributed by atoms with E-state index >= 15 is 0 Å². The number of rotatable bonds is 4. The number of carbonyl (C=O) groups is 1. The van der Waals surface area contributed by atoms with Gasteiger partial charge in [0.15, 0.2) is 0 Å². The van der Waals surface area contributed by atoms with E-state index in [1.807, 2.05) is 50.2 Å². The van der Waals surface area contributed by atoms with E-state index in [0.29, 0.717) is 43.6 Å². The summed E-state index contributed by atoms with van der Waals surface area (Å²) >= 11 is 0. The molecule has 1 amide bonds. The van der Waals surface area contributed by atoms with Crippen molar-refractivity contribution in [2.24, 2.45) is 0 Å². The normalized spacial score (nSPS) is 14.0. The Bertz CT molecular complexity index is 986. The van der Waals surface area contributed by atoms with Crippen LogP contribution in [0.1, 0.15) is 22.0 Å². The lowest BCUT2D eigenvalue weighted by atomic mass is 10.2. The molecule has 0 N–H and O–H groups in total. The van der Waals surface area contributed by atoms with E-state index in [0.717, 1.165) is 17.3 Å². The van der Waals surface area contributed by atoms with Gasteiger partial charge in [0, 0.05) is 38.4 Å². The molecule has 0 saturated carbocycles. The molecule has 0 radical (unpaired) electrons. The van der Waals surface area contributed by atoms with Crippen LogP contribution in [0.15, 0.2) is 48.8 Å². The fourth-order valence-corrected chi connectivity index (χ4v) is 3.15. The fourth-order valence-electron chi connectivity index (χ4n) is 3.15. The van der Waals surface area contributed by atoms with Crippen molar-refractivity contribution >= 4 is 11.7 Å². The summed E-state index contributed by atoms with van der Waals surface area (Å²) in [6, 6.07) is 11.4. The summed E-state index contributed by atoms with van der Waals surface area (Å²) in [7, 11) is 0. The van der Waals surface area contributed by atoms with E-state index in [1.54, 1.807) is 11.1 Å². The number of hydrogen-bond acceptors (Lipinski definition) is 7. The van der Waals surface area contributed by atoms with Gasteiger partial charge in [-0.1, -0.05) is 18.2 Å². The van der Waals surface area contributed by atoms with Crippen LogP contribution in [-0.2, 0) is 0 Å². The van der Waals surface area contributed by atoms with Crippen molar-refractivity contribution < 1.29 is 9.53 Å². The molecule has 3 aromatic rings. The van der Waals surface area contributed by atoms with Gasteiger partial charge in [-0.15, -0.1) is 0 Å². The van der Waals surface area contributed by atoms with Crippen molar-refractivity contribution in [3.05, 3.63) is 66.0 Å². The Morgan fingerprint density at radius 2 is 1.72 bits per heavy atom. The zero-order chi connectivity index (χ0) is 20.2. The summed E-state index contributed by atoms with van der Waals surface area (Å²) in [6.45, 7) is 6.22. The highest BCUT2D eigenvalue weighted by atomic mass is 16.5. The van der Waals surface area contributed by atoms with Gasteiger partial charge < -0.3 is 14.5 Å². The molecule has 0 unspecified atom stereocenters. The van der Waals surface area contributed by atoms with E-state index in [1.165, 1.54) is 6.20 Å². The van der Waals surface area contributed by atoms with Gasteiger partial charge in [0.25, 0.3) is 5.91 Å². The number of piperazine rings is 1. The van der Waals surface area contributed by atoms with Crippen LogP contribution < -0.4 is 9.64 Å². The zero-order valence-electron chi connectivity index (χ0n) is 16.4. The van der Waals surface area contributed by atoms with Gasteiger partial charge in [0.2, 0.25) is 5.88 Å². The van der Waals surface area contributed by atoms with Crippen LogP contribution in [0.5, 0.6) is 11.6 Å². The minimum absolute atomic E-state index is 0.0934. The van der Waals surface area contributed by atoms with Crippen LogP contribution in [0, 0.1) is 13.8 Å². The van der Waals surface area contributed by atoms with Gasteiger partial charge in [0.05, 0.1) is 11.9 Å². The van der Waals surface area contributed by atoms with E-state index < -0.39 is 0 Å². The first kappa shape index (κ1) is 18.8. The maximum absolute atomic E-state index is 12.6. The average molecular weight is 390 g/mol. The Hall–Kier alpha value is -3.55. The van der Waals surface area contributed by atoms with Gasteiger partial charge in [-0.25, -0.2) is 9.97 Å². The van der Waals surface area contributed by atoms with Crippen LogP contribution >= 0.6 is 0 Å². The lowest BCUT2D eigenvalue weighted by Gasteiger charge is -2.35. The van der Waals surface area contributed by atoms with Crippen LogP contribution in [0.25, 0.3) is 0 Å². The molecule has 1 aliphatic heterocycles. The Balaban J connectivity index is 1.43. The number of para-hydroxylation sites is 1. The van der Waals surface area contributed by atoms with Crippen LogP contribution in [0.3, 0.4) is 0 Å². The first-order valence-electron chi connectivity index (χ1n) is 9.50. The molecular weight excluding hydrogens is 368 g/mol. The second kappa shape index (κ2) is 8.22. The van der Waals surface area contributed by atoms with Crippen LogP contribution in [-0.4, -0.2) is 56.9 Å². The molecule has 1 fully saturated rings. The molecule has 8 heteroatoms. The number of hydrogen-bond donors (Lipinski definition) is 0.